The quantitative estimate of drug-likeness (QED) is 0.740. The topological polar surface area (TPSA) is 49.9 Å². The second-order valence-electron chi connectivity index (χ2n) is 9.06. The SMILES string of the molecule is CC(C)(C)OC(=O)N1CCC[C@H]1C(=O)N1CCC(CC2=CCCC=C2)CC1. The number of rotatable bonds is 3. The maximum Gasteiger partial charge on any atom is 0.410 e. The van der Waals surface area contributed by atoms with E-state index in [1.54, 1.807) is 4.90 Å². The molecule has 2 aliphatic heterocycles. The molecular formula is C22H34N2O3. The highest BCUT2D eigenvalue weighted by atomic mass is 16.6. The fourth-order valence-corrected chi connectivity index (χ4v) is 4.28. The van der Waals surface area contributed by atoms with E-state index < -0.39 is 5.60 Å². The number of piperidine rings is 1. The van der Waals surface area contributed by atoms with Crippen LogP contribution in [0, 0.1) is 5.92 Å². The Hall–Kier alpha value is -1.78. The predicted octanol–water partition coefficient (Wildman–Crippen LogP) is 4.29. The fraction of sp³-hybridized carbons (Fsp3) is 0.727. The first kappa shape index (κ1) is 20.0. The van der Waals surface area contributed by atoms with E-state index in [9.17, 15) is 9.59 Å². The van der Waals surface area contributed by atoms with E-state index in [0.717, 1.165) is 58.0 Å². The summed E-state index contributed by atoms with van der Waals surface area (Å²) in [7, 11) is 0. The molecule has 1 aliphatic carbocycles. The van der Waals surface area contributed by atoms with Crippen molar-refractivity contribution >= 4 is 12.0 Å². The summed E-state index contributed by atoms with van der Waals surface area (Å²) in [6.07, 6.45) is 13.7. The molecule has 0 spiro atoms. The lowest BCUT2D eigenvalue weighted by atomic mass is 9.88. The fourth-order valence-electron chi connectivity index (χ4n) is 4.28. The number of ether oxygens (including phenoxy) is 1. The number of likely N-dealkylation sites (tertiary alicyclic amines) is 2. The molecule has 0 aromatic carbocycles. The Morgan fingerprint density at radius 3 is 2.48 bits per heavy atom. The monoisotopic (exact) mass is 374 g/mol. The van der Waals surface area contributed by atoms with E-state index in [-0.39, 0.29) is 18.0 Å². The maximum atomic E-state index is 13.0. The zero-order chi connectivity index (χ0) is 19.4. The molecule has 1 atom stereocenters. The predicted molar refractivity (Wildman–Crippen MR) is 106 cm³/mol. The Kier molecular flexibility index (Phi) is 6.28. The molecule has 0 radical (unpaired) electrons. The Balaban J connectivity index is 1.51. The highest BCUT2D eigenvalue weighted by Gasteiger charge is 2.39. The molecule has 5 heteroatoms. The molecule has 0 aromatic heterocycles. The van der Waals surface area contributed by atoms with Gasteiger partial charge in [-0.3, -0.25) is 9.69 Å². The Labute approximate surface area is 163 Å². The lowest BCUT2D eigenvalue weighted by Gasteiger charge is -2.36. The van der Waals surface area contributed by atoms with Gasteiger partial charge in [-0.25, -0.2) is 4.79 Å². The molecule has 0 N–H and O–H groups in total. The molecule has 0 aromatic rings. The van der Waals surface area contributed by atoms with Crippen LogP contribution < -0.4 is 0 Å². The van der Waals surface area contributed by atoms with Gasteiger partial charge in [0, 0.05) is 19.6 Å². The van der Waals surface area contributed by atoms with Crippen molar-refractivity contribution in [2.24, 2.45) is 5.92 Å². The number of carbonyl (C=O) groups excluding carboxylic acids is 2. The normalized spacial score (nSPS) is 24.1. The van der Waals surface area contributed by atoms with Crippen molar-refractivity contribution in [2.75, 3.05) is 19.6 Å². The van der Waals surface area contributed by atoms with E-state index in [1.165, 1.54) is 5.57 Å². The molecule has 3 aliphatic rings. The van der Waals surface area contributed by atoms with Crippen molar-refractivity contribution in [3.05, 3.63) is 23.8 Å². The molecule has 27 heavy (non-hydrogen) atoms. The summed E-state index contributed by atoms with van der Waals surface area (Å²) in [5.74, 6) is 0.766. The van der Waals surface area contributed by atoms with Crippen LogP contribution in [0.2, 0.25) is 0 Å². The third kappa shape index (κ3) is 5.36. The van der Waals surface area contributed by atoms with E-state index in [2.05, 4.69) is 18.2 Å². The van der Waals surface area contributed by atoms with Gasteiger partial charge in [-0.1, -0.05) is 23.8 Å². The smallest absolute Gasteiger partial charge is 0.410 e. The summed E-state index contributed by atoms with van der Waals surface area (Å²) in [5.41, 5.74) is 0.923. The second-order valence-corrected chi connectivity index (χ2v) is 9.06. The van der Waals surface area contributed by atoms with Crippen LogP contribution in [-0.4, -0.2) is 53.1 Å². The molecule has 0 unspecified atom stereocenters. The molecule has 150 valence electrons. The average Bonchev–Trinajstić information content (AvgIpc) is 3.11. The van der Waals surface area contributed by atoms with Crippen LogP contribution in [0.3, 0.4) is 0 Å². The maximum absolute atomic E-state index is 13.0. The van der Waals surface area contributed by atoms with Crippen molar-refractivity contribution < 1.29 is 14.3 Å². The van der Waals surface area contributed by atoms with Gasteiger partial charge in [-0.05, 0) is 71.6 Å². The van der Waals surface area contributed by atoms with Crippen LogP contribution in [0.1, 0.15) is 65.7 Å². The minimum absolute atomic E-state index is 0.105. The van der Waals surface area contributed by atoms with Crippen molar-refractivity contribution in [1.29, 1.82) is 0 Å². The standard InChI is InChI=1S/C22H34N2O3/c1-22(2,3)27-21(26)24-13-7-10-19(24)20(25)23-14-11-18(12-15-23)16-17-8-5-4-6-9-17/h5,8-9,18-19H,4,6-7,10-16H2,1-3H3/t19-/m0/s1. The molecule has 3 rings (SSSR count). The van der Waals surface area contributed by atoms with Gasteiger partial charge in [0.25, 0.3) is 0 Å². The van der Waals surface area contributed by atoms with Crippen molar-refractivity contribution in [3.63, 3.8) is 0 Å². The van der Waals surface area contributed by atoms with Crippen LogP contribution >= 0.6 is 0 Å². The summed E-state index contributed by atoms with van der Waals surface area (Å²) in [5, 5.41) is 0. The zero-order valence-electron chi connectivity index (χ0n) is 17.1. The number of amides is 2. The number of hydrogen-bond donors (Lipinski definition) is 0. The van der Waals surface area contributed by atoms with Crippen LogP contribution in [0.25, 0.3) is 0 Å². The van der Waals surface area contributed by atoms with Crippen molar-refractivity contribution in [3.8, 4) is 0 Å². The van der Waals surface area contributed by atoms with E-state index >= 15 is 0 Å². The molecule has 0 bridgehead atoms. The van der Waals surface area contributed by atoms with E-state index in [1.807, 2.05) is 25.7 Å². The molecule has 0 saturated carbocycles. The molecular weight excluding hydrogens is 340 g/mol. The summed E-state index contributed by atoms with van der Waals surface area (Å²) in [6, 6.07) is -0.347. The van der Waals surface area contributed by atoms with Crippen LogP contribution in [0.5, 0.6) is 0 Å². The van der Waals surface area contributed by atoms with Gasteiger partial charge in [0.15, 0.2) is 0 Å². The number of hydrogen-bond acceptors (Lipinski definition) is 3. The van der Waals surface area contributed by atoms with Gasteiger partial charge in [-0.2, -0.15) is 0 Å². The summed E-state index contributed by atoms with van der Waals surface area (Å²) >= 11 is 0. The Morgan fingerprint density at radius 2 is 1.85 bits per heavy atom. The van der Waals surface area contributed by atoms with Gasteiger partial charge in [0.05, 0.1) is 0 Å². The van der Waals surface area contributed by atoms with E-state index in [4.69, 9.17) is 4.74 Å². The summed E-state index contributed by atoms with van der Waals surface area (Å²) in [6.45, 7) is 7.80. The molecule has 2 fully saturated rings. The summed E-state index contributed by atoms with van der Waals surface area (Å²) < 4.78 is 5.49. The minimum Gasteiger partial charge on any atom is -0.444 e. The summed E-state index contributed by atoms with van der Waals surface area (Å²) in [4.78, 5) is 29.1. The van der Waals surface area contributed by atoms with Gasteiger partial charge in [-0.15, -0.1) is 0 Å². The van der Waals surface area contributed by atoms with Crippen molar-refractivity contribution in [2.45, 2.75) is 77.4 Å². The molecule has 2 saturated heterocycles. The molecule has 2 heterocycles. The lowest BCUT2D eigenvalue weighted by Crippen LogP contribution is -2.50. The van der Waals surface area contributed by atoms with Crippen LogP contribution in [0.15, 0.2) is 23.8 Å². The highest BCUT2D eigenvalue weighted by molar-refractivity contribution is 5.86. The zero-order valence-corrected chi connectivity index (χ0v) is 17.1. The first-order chi connectivity index (χ1) is 12.8. The minimum atomic E-state index is -0.534. The van der Waals surface area contributed by atoms with Gasteiger partial charge < -0.3 is 9.64 Å². The number of nitrogens with zero attached hydrogens (tertiary/aromatic N) is 2. The first-order valence-corrected chi connectivity index (χ1v) is 10.5. The Bertz CT molecular complexity index is 610. The van der Waals surface area contributed by atoms with Gasteiger partial charge in [0.1, 0.15) is 11.6 Å². The number of carbonyl (C=O) groups is 2. The highest BCUT2D eigenvalue weighted by Crippen LogP contribution is 2.29. The van der Waals surface area contributed by atoms with Crippen LogP contribution in [-0.2, 0) is 9.53 Å². The molecule has 2 amide bonds. The number of allylic oxidation sites excluding steroid dienone is 4. The third-order valence-electron chi connectivity index (χ3n) is 5.69. The Morgan fingerprint density at radius 1 is 1.11 bits per heavy atom. The van der Waals surface area contributed by atoms with Crippen LogP contribution in [0.4, 0.5) is 4.79 Å². The largest absolute Gasteiger partial charge is 0.444 e. The lowest BCUT2D eigenvalue weighted by molar-refractivity contribution is -0.137. The molecule has 5 nitrogen and oxygen atoms in total. The first-order valence-electron chi connectivity index (χ1n) is 10.5. The second kappa shape index (κ2) is 8.49. The van der Waals surface area contributed by atoms with Crippen molar-refractivity contribution in [1.82, 2.24) is 9.80 Å². The average molecular weight is 375 g/mol. The third-order valence-corrected chi connectivity index (χ3v) is 5.69. The van der Waals surface area contributed by atoms with Gasteiger partial charge >= 0.3 is 6.09 Å². The van der Waals surface area contributed by atoms with E-state index in [0.29, 0.717) is 12.5 Å². The van der Waals surface area contributed by atoms with Gasteiger partial charge in [0.2, 0.25) is 5.91 Å².